The third kappa shape index (κ3) is 5.57. The number of ether oxygens (including phenoxy) is 1. The van der Waals surface area contributed by atoms with Gasteiger partial charge in [0.1, 0.15) is 42.0 Å². The molecule has 0 aliphatic rings. The Balaban J connectivity index is 1.91. The van der Waals surface area contributed by atoms with Crippen LogP contribution in [0.3, 0.4) is 0 Å². The molecule has 3 aromatic rings. The van der Waals surface area contributed by atoms with Gasteiger partial charge in [0, 0.05) is 6.42 Å². The zero-order chi connectivity index (χ0) is 22.1. The van der Waals surface area contributed by atoms with Crippen LogP contribution >= 0.6 is 7.26 Å². The molecule has 0 radical (unpaired) electrons. The van der Waals surface area contributed by atoms with Crippen LogP contribution in [0.2, 0.25) is 0 Å². The maximum Gasteiger partial charge on any atom is 0.323 e. The van der Waals surface area contributed by atoms with Crippen molar-refractivity contribution in [1.29, 1.82) is 0 Å². The summed E-state index contributed by atoms with van der Waals surface area (Å²) in [5.74, 6) is -1.54. The lowest BCUT2D eigenvalue weighted by Crippen LogP contribution is -2.37. The minimum absolute atomic E-state index is 0.0600. The van der Waals surface area contributed by atoms with Crippen LogP contribution in [0, 0.1) is 0 Å². The molecule has 3 aromatic carbocycles. The Kier molecular flexibility index (Phi) is 7.94. The molecule has 0 unspecified atom stereocenters. The molecule has 0 aliphatic carbocycles. The summed E-state index contributed by atoms with van der Waals surface area (Å²) in [5.41, 5.74) is 5.82. The Morgan fingerprint density at radius 2 is 1.23 bits per heavy atom. The number of carbonyl (C=O) groups excluding carboxylic acids is 1. The molecule has 0 bridgehead atoms. The summed E-state index contributed by atoms with van der Waals surface area (Å²) < 4.78 is 5.53. The molecule has 0 amide bonds. The van der Waals surface area contributed by atoms with E-state index in [1.54, 1.807) is 0 Å². The lowest BCUT2D eigenvalue weighted by molar-refractivity contribution is -0.145. The van der Waals surface area contributed by atoms with Crippen molar-refractivity contribution in [2.24, 2.45) is 5.73 Å². The molecule has 0 saturated carbocycles. The van der Waals surface area contributed by atoms with E-state index in [1.807, 2.05) is 54.6 Å². The van der Waals surface area contributed by atoms with Crippen molar-refractivity contribution in [3.8, 4) is 0 Å². The van der Waals surface area contributed by atoms with Gasteiger partial charge in [-0.25, -0.2) is 0 Å². The number of esters is 1. The summed E-state index contributed by atoms with van der Waals surface area (Å²) in [6.07, 6.45) is 0.526. The van der Waals surface area contributed by atoms with Crippen molar-refractivity contribution in [2.75, 3.05) is 12.8 Å². The Labute approximate surface area is 183 Å². The largest absolute Gasteiger partial charge is 0.481 e. The molecular formula is C25H27NO4P+. The summed E-state index contributed by atoms with van der Waals surface area (Å²) >= 11 is 0. The van der Waals surface area contributed by atoms with Crippen LogP contribution in [0.1, 0.15) is 12.8 Å². The van der Waals surface area contributed by atoms with Gasteiger partial charge in [-0.15, -0.1) is 0 Å². The van der Waals surface area contributed by atoms with E-state index in [1.165, 1.54) is 15.9 Å². The van der Waals surface area contributed by atoms with Crippen molar-refractivity contribution in [2.45, 2.75) is 18.9 Å². The highest BCUT2D eigenvalue weighted by Crippen LogP contribution is 2.54. The van der Waals surface area contributed by atoms with Crippen LogP contribution in [-0.4, -0.2) is 35.9 Å². The van der Waals surface area contributed by atoms with E-state index in [4.69, 9.17) is 15.6 Å². The molecule has 6 heteroatoms. The fraction of sp³-hybridized carbons (Fsp3) is 0.200. The van der Waals surface area contributed by atoms with Gasteiger partial charge in [-0.05, 0) is 42.8 Å². The van der Waals surface area contributed by atoms with Crippen LogP contribution in [0.4, 0.5) is 0 Å². The summed E-state index contributed by atoms with van der Waals surface area (Å²) in [6.45, 7) is 0.200. The molecule has 0 aliphatic heterocycles. The highest BCUT2D eigenvalue weighted by Gasteiger charge is 2.45. The van der Waals surface area contributed by atoms with Gasteiger partial charge in [-0.1, -0.05) is 54.6 Å². The molecule has 31 heavy (non-hydrogen) atoms. The number of hydrogen-bond donors (Lipinski definition) is 2. The number of aliphatic carboxylic acids is 1. The van der Waals surface area contributed by atoms with Gasteiger partial charge in [0.05, 0.1) is 0 Å². The summed E-state index contributed by atoms with van der Waals surface area (Å²) in [7, 11) is -2.08. The number of benzene rings is 3. The minimum atomic E-state index is -2.08. The van der Waals surface area contributed by atoms with E-state index >= 15 is 0 Å². The van der Waals surface area contributed by atoms with E-state index in [9.17, 15) is 9.59 Å². The molecule has 160 valence electrons. The fourth-order valence-corrected chi connectivity index (χ4v) is 7.75. The maximum absolute atomic E-state index is 12.3. The molecule has 5 nitrogen and oxygen atoms in total. The van der Waals surface area contributed by atoms with E-state index in [2.05, 4.69) is 36.4 Å². The van der Waals surface area contributed by atoms with Crippen molar-refractivity contribution in [3.05, 3.63) is 91.0 Å². The number of rotatable bonds is 10. The van der Waals surface area contributed by atoms with E-state index in [0.29, 0.717) is 6.16 Å². The topological polar surface area (TPSA) is 89.6 Å². The highest BCUT2D eigenvalue weighted by atomic mass is 31.2. The van der Waals surface area contributed by atoms with Gasteiger partial charge in [0.2, 0.25) is 0 Å². The van der Waals surface area contributed by atoms with Crippen LogP contribution in [-0.2, 0) is 14.3 Å². The maximum atomic E-state index is 12.3. The number of carbonyl (C=O) groups is 2. The Morgan fingerprint density at radius 1 is 0.806 bits per heavy atom. The van der Waals surface area contributed by atoms with Crippen LogP contribution < -0.4 is 21.6 Å². The van der Waals surface area contributed by atoms with E-state index in [-0.39, 0.29) is 19.4 Å². The summed E-state index contributed by atoms with van der Waals surface area (Å²) in [4.78, 5) is 23.1. The summed E-state index contributed by atoms with van der Waals surface area (Å²) in [6, 6.07) is 30.0. The predicted octanol–water partition coefficient (Wildman–Crippen LogP) is 2.72. The molecule has 0 aromatic heterocycles. The molecule has 0 saturated heterocycles. The van der Waals surface area contributed by atoms with E-state index in [0.717, 1.165) is 0 Å². The monoisotopic (exact) mass is 436 g/mol. The third-order valence-corrected chi connectivity index (χ3v) is 9.63. The van der Waals surface area contributed by atoms with Gasteiger partial charge in [0.15, 0.2) is 0 Å². The second-order valence-electron chi connectivity index (χ2n) is 7.25. The Bertz CT molecular complexity index is 884. The minimum Gasteiger partial charge on any atom is -0.481 e. The van der Waals surface area contributed by atoms with Crippen molar-refractivity contribution in [1.82, 2.24) is 0 Å². The molecule has 3 rings (SSSR count). The Morgan fingerprint density at radius 3 is 1.61 bits per heavy atom. The van der Waals surface area contributed by atoms with Crippen LogP contribution in [0.15, 0.2) is 91.0 Å². The number of carboxylic acid groups (broad SMARTS) is 1. The quantitative estimate of drug-likeness (QED) is 0.377. The van der Waals surface area contributed by atoms with Gasteiger partial charge < -0.3 is 15.6 Å². The van der Waals surface area contributed by atoms with Crippen LogP contribution in [0.5, 0.6) is 0 Å². The first-order valence-electron chi connectivity index (χ1n) is 10.2. The average Bonchev–Trinajstić information content (AvgIpc) is 2.82. The summed E-state index contributed by atoms with van der Waals surface area (Å²) in [5, 5.41) is 12.4. The third-order valence-electron chi connectivity index (χ3n) is 5.23. The first kappa shape index (κ1) is 22.7. The lowest BCUT2D eigenvalue weighted by atomic mass is 10.2. The first-order valence-corrected chi connectivity index (χ1v) is 12.2. The van der Waals surface area contributed by atoms with E-state index < -0.39 is 25.2 Å². The zero-order valence-corrected chi connectivity index (χ0v) is 18.2. The Hall–Kier alpha value is -3.01. The normalized spacial score (nSPS) is 12.2. The molecule has 0 fully saturated rings. The smallest absolute Gasteiger partial charge is 0.323 e. The van der Waals surface area contributed by atoms with Gasteiger partial charge >= 0.3 is 11.9 Å². The lowest BCUT2D eigenvalue weighted by Gasteiger charge is -2.27. The first-order chi connectivity index (χ1) is 15.0. The standard InChI is InChI=1S/C25H26NO4P/c26-23(16-17-24(27)28)25(29)30-18-19-31(20-10-4-1-5-11-20,21-12-6-2-7-13-21)22-14-8-3-9-15-22/h1-15,23H,16-19,26H2/p+1/t23-/m0/s1. The van der Waals surface area contributed by atoms with Gasteiger partial charge in [-0.3, -0.25) is 9.59 Å². The van der Waals surface area contributed by atoms with Gasteiger partial charge in [0.25, 0.3) is 0 Å². The SMILES string of the molecule is N[C@@H](CCC(=O)O)C(=O)OCC[P+](c1ccccc1)(c1ccccc1)c1ccccc1. The van der Waals surface area contributed by atoms with Crippen molar-refractivity contribution in [3.63, 3.8) is 0 Å². The number of nitrogens with two attached hydrogens (primary N) is 1. The molecular weight excluding hydrogens is 409 g/mol. The second kappa shape index (κ2) is 10.9. The molecule has 0 spiro atoms. The number of hydrogen-bond acceptors (Lipinski definition) is 4. The van der Waals surface area contributed by atoms with Gasteiger partial charge in [-0.2, -0.15) is 0 Å². The highest BCUT2D eigenvalue weighted by molar-refractivity contribution is 7.95. The zero-order valence-electron chi connectivity index (χ0n) is 17.3. The van der Waals surface area contributed by atoms with Crippen LogP contribution in [0.25, 0.3) is 0 Å². The van der Waals surface area contributed by atoms with Crippen molar-refractivity contribution < 1.29 is 19.4 Å². The second-order valence-corrected chi connectivity index (χ2v) is 10.9. The average molecular weight is 436 g/mol. The number of carboxylic acids is 1. The molecule has 3 N–H and O–H groups in total. The van der Waals surface area contributed by atoms with Crippen molar-refractivity contribution >= 4 is 35.1 Å². The molecule has 0 heterocycles. The molecule has 1 atom stereocenters. The fourth-order valence-electron chi connectivity index (χ4n) is 3.67. The predicted molar refractivity (Wildman–Crippen MR) is 126 cm³/mol.